The first-order valence-electron chi connectivity index (χ1n) is 7.72. The molecule has 3 rings (SSSR count). The van der Waals surface area contributed by atoms with Gasteiger partial charge in [-0.05, 0) is 35.6 Å². The van der Waals surface area contributed by atoms with Crippen molar-refractivity contribution in [2.24, 2.45) is 5.73 Å². The monoisotopic (exact) mass is 295 g/mol. The number of urea groups is 1. The van der Waals surface area contributed by atoms with E-state index in [0.717, 1.165) is 25.8 Å². The van der Waals surface area contributed by atoms with E-state index in [1.807, 2.05) is 23.2 Å². The molecule has 4 nitrogen and oxygen atoms in total. The Labute approximate surface area is 130 Å². The SMILES string of the molecule is NC(=O)NN1CCCCC1c1cccc(-c2ccccc2)c1. The molecule has 0 bridgehead atoms. The van der Waals surface area contributed by atoms with Crippen molar-refractivity contribution in [3.8, 4) is 11.1 Å². The largest absolute Gasteiger partial charge is 0.351 e. The van der Waals surface area contributed by atoms with Gasteiger partial charge in [0.05, 0.1) is 6.04 Å². The van der Waals surface area contributed by atoms with E-state index in [1.54, 1.807) is 0 Å². The average Bonchev–Trinajstić information content (AvgIpc) is 2.56. The molecule has 0 radical (unpaired) electrons. The highest BCUT2D eigenvalue weighted by molar-refractivity contribution is 5.71. The number of benzene rings is 2. The summed E-state index contributed by atoms with van der Waals surface area (Å²) in [6.07, 6.45) is 3.27. The number of nitrogens with zero attached hydrogens (tertiary/aromatic N) is 1. The third kappa shape index (κ3) is 3.28. The Morgan fingerprint density at radius 3 is 2.59 bits per heavy atom. The van der Waals surface area contributed by atoms with Crippen LogP contribution < -0.4 is 11.2 Å². The zero-order valence-electron chi connectivity index (χ0n) is 12.5. The molecular weight excluding hydrogens is 274 g/mol. The van der Waals surface area contributed by atoms with E-state index < -0.39 is 6.03 Å². The van der Waals surface area contributed by atoms with Gasteiger partial charge in [-0.1, -0.05) is 55.0 Å². The third-order valence-corrected chi connectivity index (χ3v) is 4.14. The summed E-state index contributed by atoms with van der Waals surface area (Å²) in [5, 5.41) is 1.97. The Hall–Kier alpha value is -2.33. The molecule has 2 aromatic carbocycles. The van der Waals surface area contributed by atoms with Gasteiger partial charge in [0.25, 0.3) is 0 Å². The van der Waals surface area contributed by atoms with Gasteiger partial charge < -0.3 is 5.73 Å². The number of hydrogen-bond acceptors (Lipinski definition) is 2. The van der Waals surface area contributed by atoms with Gasteiger partial charge in [-0.25, -0.2) is 9.80 Å². The highest BCUT2D eigenvalue weighted by Gasteiger charge is 2.25. The lowest BCUT2D eigenvalue weighted by Crippen LogP contribution is -2.48. The molecule has 0 saturated carbocycles. The number of piperidine rings is 1. The van der Waals surface area contributed by atoms with E-state index in [-0.39, 0.29) is 6.04 Å². The fourth-order valence-corrected chi connectivity index (χ4v) is 3.11. The van der Waals surface area contributed by atoms with Gasteiger partial charge in [0.15, 0.2) is 0 Å². The summed E-state index contributed by atoms with van der Waals surface area (Å²) in [5.41, 5.74) is 11.7. The highest BCUT2D eigenvalue weighted by atomic mass is 16.2. The number of primary amides is 1. The van der Waals surface area contributed by atoms with Crippen LogP contribution in [0.25, 0.3) is 11.1 Å². The van der Waals surface area contributed by atoms with Crippen molar-refractivity contribution < 1.29 is 4.79 Å². The lowest BCUT2D eigenvalue weighted by Gasteiger charge is -2.35. The molecule has 1 fully saturated rings. The maximum Gasteiger partial charge on any atom is 0.326 e. The number of nitrogens with two attached hydrogens (primary N) is 1. The fourth-order valence-electron chi connectivity index (χ4n) is 3.11. The molecular formula is C18H21N3O. The first kappa shape index (κ1) is 14.6. The second-order valence-corrected chi connectivity index (χ2v) is 5.67. The molecule has 1 aliphatic rings. The van der Waals surface area contributed by atoms with Crippen LogP contribution in [0.5, 0.6) is 0 Å². The van der Waals surface area contributed by atoms with Crippen LogP contribution in [0.2, 0.25) is 0 Å². The Morgan fingerprint density at radius 2 is 1.82 bits per heavy atom. The Kier molecular flexibility index (Phi) is 4.39. The number of carbonyl (C=O) groups is 1. The van der Waals surface area contributed by atoms with E-state index in [9.17, 15) is 4.79 Å². The van der Waals surface area contributed by atoms with E-state index in [1.165, 1.54) is 16.7 Å². The zero-order valence-corrected chi connectivity index (χ0v) is 12.5. The molecule has 0 aliphatic carbocycles. The summed E-state index contributed by atoms with van der Waals surface area (Å²) in [7, 11) is 0. The molecule has 2 amide bonds. The van der Waals surface area contributed by atoms with Crippen molar-refractivity contribution in [3.05, 3.63) is 60.2 Å². The van der Waals surface area contributed by atoms with Crippen LogP contribution >= 0.6 is 0 Å². The van der Waals surface area contributed by atoms with Gasteiger partial charge in [0.2, 0.25) is 0 Å². The van der Waals surface area contributed by atoms with Crippen molar-refractivity contribution in [3.63, 3.8) is 0 Å². The normalized spacial score (nSPS) is 18.8. The molecule has 1 unspecified atom stereocenters. The molecule has 1 atom stereocenters. The molecule has 3 N–H and O–H groups in total. The molecule has 114 valence electrons. The minimum atomic E-state index is -0.494. The van der Waals surface area contributed by atoms with Gasteiger partial charge in [0.1, 0.15) is 0 Å². The van der Waals surface area contributed by atoms with Gasteiger partial charge in [0, 0.05) is 6.54 Å². The number of rotatable bonds is 3. The summed E-state index contributed by atoms with van der Waals surface area (Å²) in [6, 6.07) is 18.6. The van der Waals surface area contributed by atoms with E-state index in [4.69, 9.17) is 5.73 Å². The smallest absolute Gasteiger partial charge is 0.326 e. The third-order valence-electron chi connectivity index (χ3n) is 4.14. The summed E-state index contributed by atoms with van der Waals surface area (Å²) in [4.78, 5) is 11.2. The lowest BCUT2D eigenvalue weighted by atomic mass is 9.94. The van der Waals surface area contributed by atoms with Gasteiger partial charge in [-0.3, -0.25) is 5.43 Å². The molecule has 22 heavy (non-hydrogen) atoms. The fraction of sp³-hybridized carbons (Fsp3) is 0.278. The molecule has 0 spiro atoms. The van der Waals surface area contributed by atoms with Gasteiger partial charge >= 0.3 is 6.03 Å². The van der Waals surface area contributed by atoms with Crippen molar-refractivity contribution in [2.45, 2.75) is 25.3 Å². The summed E-state index contributed by atoms with van der Waals surface area (Å²) in [5.74, 6) is 0. The molecule has 1 saturated heterocycles. The summed E-state index contributed by atoms with van der Waals surface area (Å²) < 4.78 is 0. The van der Waals surface area contributed by atoms with Crippen molar-refractivity contribution in [2.75, 3.05) is 6.54 Å². The van der Waals surface area contributed by atoms with Gasteiger partial charge in [-0.15, -0.1) is 0 Å². The van der Waals surface area contributed by atoms with E-state index >= 15 is 0 Å². The Bertz CT molecular complexity index is 642. The van der Waals surface area contributed by atoms with Crippen LogP contribution in [0.1, 0.15) is 30.9 Å². The van der Waals surface area contributed by atoms with Crippen molar-refractivity contribution >= 4 is 6.03 Å². The number of nitrogens with one attached hydrogen (secondary N) is 1. The second-order valence-electron chi connectivity index (χ2n) is 5.67. The second kappa shape index (κ2) is 6.62. The molecule has 2 aromatic rings. The average molecular weight is 295 g/mol. The summed E-state index contributed by atoms with van der Waals surface area (Å²) >= 11 is 0. The zero-order chi connectivity index (χ0) is 15.4. The molecule has 1 aliphatic heterocycles. The maximum absolute atomic E-state index is 11.2. The van der Waals surface area contributed by atoms with Crippen LogP contribution in [-0.2, 0) is 0 Å². The summed E-state index contributed by atoms with van der Waals surface area (Å²) in [6.45, 7) is 0.836. The van der Waals surface area contributed by atoms with Crippen LogP contribution in [0, 0.1) is 0 Å². The number of carbonyl (C=O) groups excluding carboxylic acids is 1. The van der Waals surface area contributed by atoms with Crippen LogP contribution in [-0.4, -0.2) is 17.6 Å². The van der Waals surface area contributed by atoms with E-state index in [2.05, 4.69) is 41.8 Å². The highest BCUT2D eigenvalue weighted by Crippen LogP contribution is 2.31. The molecule has 0 aromatic heterocycles. The van der Waals surface area contributed by atoms with Crippen LogP contribution in [0.3, 0.4) is 0 Å². The predicted molar refractivity (Wildman–Crippen MR) is 87.9 cm³/mol. The number of hydrazine groups is 1. The number of amides is 2. The van der Waals surface area contributed by atoms with Crippen molar-refractivity contribution in [1.29, 1.82) is 0 Å². The first-order chi connectivity index (χ1) is 10.7. The first-order valence-corrected chi connectivity index (χ1v) is 7.72. The minimum absolute atomic E-state index is 0.185. The standard InChI is InChI=1S/C18H21N3O/c19-18(22)20-21-12-5-4-11-17(21)16-10-6-9-15(13-16)14-7-2-1-3-8-14/h1-3,6-10,13,17H,4-5,11-12H2,(H3,19,20,22). The lowest BCUT2D eigenvalue weighted by molar-refractivity contribution is 0.0998. The number of hydrogen-bond donors (Lipinski definition) is 2. The topological polar surface area (TPSA) is 58.4 Å². The van der Waals surface area contributed by atoms with Gasteiger partial charge in [-0.2, -0.15) is 0 Å². The van der Waals surface area contributed by atoms with Crippen LogP contribution in [0.4, 0.5) is 4.79 Å². The van der Waals surface area contributed by atoms with Crippen molar-refractivity contribution in [1.82, 2.24) is 10.4 Å². The quantitative estimate of drug-likeness (QED) is 0.911. The Morgan fingerprint density at radius 1 is 1.05 bits per heavy atom. The minimum Gasteiger partial charge on any atom is -0.351 e. The molecule has 1 heterocycles. The van der Waals surface area contributed by atoms with Crippen LogP contribution in [0.15, 0.2) is 54.6 Å². The maximum atomic E-state index is 11.2. The van der Waals surface area contributed by atoms with E-state index in [0.29, 0.717) is 0 Å². The Balaban J connectivity index is 1.88. The molecule has 4 heteroatoms. The predicted octanol–water partition coefficient (Wildman–Crippen LogP) is 3.46.